The van der Waals surface area contributed by atoms with Crippen molar-refractivity contribution in [3.05, 3.63) is 11.6 Å². The molecule has 97 heavy (non-hydrogen) atoms. The summed E-state index contributed by atoms with van der Waals surface area (Å²) in [5.74, 6) is -1.05. The van der Waals surface area contributed by atoms with Gasteiger partial charge < -0.3 is 154 Å². The van der Waals surface area contributed by atoms with Crippen LogP contribution in [0.4, 0.5) is 0 Å². The molecule has 32 heteroatoms. The van der Waals surface area contributed by atoms with E-state index < -0.39 is 245 Å². The third kappa shape index (κ3) is 13.2. The number of aliphatic hydroxyl groups excluding tert-OH is 19. The predicted octanol–water partition coefficient (Wildman–Crippen LogP) is -5.75. The van der Waals surface area contributed by atoms with Crippen molar-refractivity contribution in [2.45, 2.75) is 297 Å². The first-order chi connectivity index (χ1) is 45.6. The van der Waals surface area contributed by atoms with Gasteiger partial charge in [-0.1, -0.05) is 53.2 Å². The molecule has 0 radical (unpaired) electrons. The Morgan fingerprint density at radius 2 is 1.03 bits per heavy atom. The average molecular weight is 1400 g/mol. The molecule has 11 aliphatic rings. The first-order valence-corrected chi connectivity index (χ1v) is 34.3. The second-order valence-corrected chi connectivity index (χ2v) is 31.3. The molecule has 11 rings (SSSR count). The maximum absolute atomic E-state index is 15.2. The Balaban J connectivity index is 0.772. The van der Waals surface area contributed by atoms with Crippen molar-refractivity contribution in [2.24, 2.45) is 50.2 Å². The summed E-state index contributed by atoms with van der Waals surface area (Å²) in [5, 5.41) is 206. The Labute approximate surface area is 561 Å². The standard InChI is InChI=1S/C65H106O32/c1-25-36(71)51(95-55-48(83)44(79)50(31(21-68)91-55)94-54-46(81)42(77)39(74)30(20-67)90-54)49(84)57(88-25)96-52-37(72)28(70)22-86-58(52)93-35-11-12-61(4)33(62(35,5)24-69)10-13-64(7)34(61)9-8-26-27-18-60(2,3)14-16-65(27,17-15-63(26,64)6)59(85)97-56-47(82)43(78)40(75)32(92-56)23-87-53-45(80)41(76)38(73)29(19-66)89-53/h8,25,27-58,66-84H,9-24H2,1-7H3/t25-,27-,28-,29+,30+,31+,32+,33+,34+,35-,36-,37-,38+,39+,40+,41-,42-,43-,44+,45+,46+,47+,48+,49?,50+,51+,52+,53+,54-,55-,56-,57-,58-,61-,62-,63+,64+,65-/m0/s1. The lowest BCUT2D eigenvalue weighted by molar-refractivity contribution is -0.390. The molecule has 6 aliphatic heterocycles. The lowest BCUT2D eigenvalue weighted by Gasteiger charge is -2.71. The third-order valence-electron chi connectivity index (χ3n) is 25.3. The minimum absolute atomic E-state index is 0.0526. The highest BCUT2D eigenvalue weighted by atomic mass is 16.8. The highest BCUT2D eigenvalue weighted by Crippen LogP contribution is 2.76. The zero-order valence-corrected chi connectivity index (χ0v) is 55.7. The fourth-order valence-corrected chi connectivity index (χ4v) is 19.0. The summed E-state index contributed by atoms with van der Waals surface area (Å²) < 4.78 is 71.2. The van der Waals surface area contributed by atoms with Crippen molar-refractivity contribution >= 4 is 5.97 Å². The topological polar surface area (TPSA) is 512 Å². The van der Waals surface area contributed by atoms with Gasteiger partial charge >= 0.3 is 5.97 Å². The Bertz CT molecular complexity index is 2710. The van der Waals surface area contributed by atoms with Gasteiger partial charge in [0.25, 0.3) is 0 Å². The van der Waals surface area contributed by atoms with Crippen LogP contribution in [0.5, 0.6) is 0 Å². The van der Waals surface area contributed by atoms with E-state index in [1.807, 2.05) is 6.92 Å². The van der Waals surface area contributed by atoms with Gasteiger partial charge in [-0.25, -0.2) is 0 Å². The Morgan fingerprint density at radius 1 is 0.495 bits per heavy atom. The van der Waals surface area contributed by atoms with Gasteiger partial charge in [0.05, 0.1) is 57.3 Å². The number of rotatable bonds is 17. The van der Waals surface area contributed by atoms with E-state index in [9.17, 15) is 97.0 Å². The number of carbonyl (C=O) groups excluding carboxylic acids is 1. The van der Waals surface area contributed by atoms with E-state index >= 15 is 4.79 Å². The maximum atomic E-state index is 15.2. The van der Waals surface area contributed by atoms with Crippen molar-refractivity contribution in [1.29, 1.82) is 0 Å². The van der Waals surface area contributed by atoms with E-state index in [1.165, 1.54) is 6.92 Å². The van der Waals surface area contributed by atoms with E-state index in [0.717, 1.165) is 12.0 Å². The van der Waals surface area contributed by atoms with E-state index in [0.29, 0.717) is 57.8 Å². The van der Waals surface area contributed by atoms with Gasteiger partial charge in [-0.3, -0.25) is 4.79 Å². The summed E-state index contributed by atoms with van der Waals surface area (Å²) >= 11 is 0. The molecule has 0 aromatic rings. The van der Waals surface area contributed by atoms with Gasteiger partial charge in [-0.2, -0.15) is 0 Å². The molecule has 0 aromatic carbocycles. The van der Waals surface area contributed by atoms with E-state index in [1.54, 1.807) is 0 Å². The molecular formula is C65H106O32. The molecule has 0 bridgehead atoms. The molecule has 19 N–H and O–H groups in total. The van der Waals surface area contributed by atoms with Crippen molar-refractivity contribution in [1.82, 2.24) is 0 Å². The highest BCUT2D eigenvalue weighted by Gasteiger charge is 2.71. The second kappa shape index (κ2) is 28.8. The van der Waals surface area contributed by atoms with Gasteiger partial charge in [-0.15, -0.1) is 0 Å². The smallest absolute Gasteiger partial charge is 0.315 e. The van der Waals surface area contributed by atoms with Crippen LogP contribution in [0, 0.1) is 50.2 Å². The molecule has 6 saturated heterocycles. The summed E-state index contributed by atoms with van der Waals surface area (Å²) in [6, 6.07) is 0. The van der Waals surface area contributed by atoms with E-state index in [4.69, 9.17) is 56.8 Å². The first-order valence-electron chi connectivity index (χ1n) is 34.3. The van der Waals surface area contributed by atoms with Gasteiger partial charge in [-0.05, 0) is 111 Å². The first kappa shape index (κ1) is 76.1. The van der Waals surface area contributed by atoms with Crippen LogP contribution < -0.4 is 0 Å². The Kier molecular flexibility index (Phi) is 22.6. The quantitative estimate of drug-likeness (QED) is 0.0366. The monoisotopic (exact) mass is 1400 g/mol. The summed E-state index contributed by atoms with van der Waals surface area (Å²) in [4.78, 5) is 15.2. The number of carbonyl (C=O) groups is 1. The van der Waals surface area contributed by atoms with Gasteiger partial charge in [0.2, 0.25) is 6.29 Å². The van der Waals surface area contributed by atoms with Crippen LogP contribution in [-0.2, 0) is 61.6 Å². The molecule has 558 valence electrons. The van der Waals surface area contributed by atoms with Crippen LogP contribution in [0.15, 0.2) is 11.6 Å². The van der Waals surface area contributed by atoms with E-state index in [2.05, 4.69) is 40.7 Å². The molecule has 32 nitrogen and oxygen atoms in total. The largest absolute Gasteiger partial charge is 0.432 e. The third-order valence-corrected chi connectivity index (χ3v) is 25.3. The number of fused-ring (bicyclic) bond motifs is 7. The van der Waals surface area contributed by atoms with Gasteiger partial charge in [0, 0.05) is 5.41 Å². The lowest BCUT2D eigenvalue weighted by atomic mass is 9.33. The summed E-state index contributed by atoms with van der Waals surface area (Å²) in [6.45, 7) is 10.9. The lowest BCUT2D eigenvalue weighted by Crippen LogP contribution is -2.67. The number of hydrogen-bond acceptors (Lipinski definition) is 32. The second-order valence-electron chi connectivity index (χ2n) is 31.3. The fourth-order valence-electron chi connectivity index (χ4n) is 19.0. The molecule has 10 fully saturated rings. The number of ether oxygens (including phenoxy) is 12. The number of esters is 1. The van der Waals surface area contributed by atoms with Crippen molar-refractivity contribution in [3.8, 4) is 0 Å². The number of allylic oxidation sites excluding steroid dienone is 2. The molecule has 5 aliphatic carbocycles. The SMILES string of the molecule is C[C@@H]1O[C@@H](O[C@H]2[C@H](O[C@H]3CC[C@@]4(C)[C@@H](CC[C@]5(C)[C@@H]4CC=C4[C@@H]6CC(C)(C)CC[C@]6(C(=O)O[C@@H]6O[C@H](CO[C@@H]7O[C@H](CO)[C@@H](O)[C@H](O)[C@H]7O)[C@@H](O)[C@H](O)[C@H]6O)CC[C@]45C)[C@]3(C)CO)OC[C@H](O)[C@@H]2O)C(O)[C@H](O[C@@H]2O[C@H](CO)[C@@H](O[C@@H]3O[C@H](CO)[C@@H](O)[C@H](O)[C@H]3O)[C@H](O)[C@H]2O)[C@H]1O. The molecule has 0 amide bonds. The van der Waals surface area contributed by atoms with Gasteiger partial charge in [0.1, 0.15) is 134 Å². The molecule has 6 heterocycles. The molecule has 38 atom stereocenters. The van der Waals surface area contributed by atoms with Crippen molar-refractivity contribution in [2.75, 3.05) is 39.6 Å². The van der Waals surface area contributed by atoms with Crippen molar-refractivity contribution < 1.29 is 159 Å². The highest BCUT2D eigenvalue weighted by molar-refractivity contribution is 5.79. The Morgan fingerprint density at radius 3 is 1.66 bits per heavy atom. The Hall–Kier alpha value is -1.99. The molecular weight excluding hydrogens is 1290 g/mol. The van der Waals surface area contributed by atoms with Crippen LogP contribution in [-0.4, -0.2) is 327 Å². The normalized spacial score (nSPS) is 54.7. The van der Waals surface area contributed by atoms with Crippen LogP contribution in [0.3, 0.4) is 0 Å². The molecule has 0 aromatic heterocycles. The van der Waals surface area contributed by atoms with Crippen LogP contribution in [0.2, 0.25) is 0 Å². The summed E-state index contributed by atoms with van der Waals surface area (Å²) in [7, 11) is 0. The van der Waals surface area contributed by atoms with Crippen LogP contribution in [0.25, 0.3) is 0 Å². The van der Waals surface area contributed by atoms with Crippen LogP contribution in [0.1, 0.15) is 113 Å². The molecule has 1 unspecified atom stereocenters. The average Bonchev–Trinajstić information content (AvgIpc) is 0.675. The maximum Gasteiger partial charge on any atom is 0.315 e. The van der Waals surface area contributed by atoms with Crippen LogP contribution >= 0.6 is 0 Å². The van der Waals surface area contributed by atoms with Crippen molar-refractivity contribution in [3.63, 3.8) is 0 Å². The van der Waals surface area contributed by atoms with Gasteiger partial charge in [0.15, 0.2) is 31.5 Å². The minimum Gasteiger partial charge on any atom is -0.432 e. The molecule has 4 saturated carbocycles. The molecule has 0 spiro atoms. The zero-order valence-electron chi connectivity index (χ0n) is 55.7. The fraction of sp³-hybridized carbons (Fsp3) is 0.954. The summed E-state index contributed by atoms with van der Waals surface area (Å²) in [5.41, 5.74) is -2.30. The predicted molar refractivity (Wildman–Crippen MR) is 322 cm³/mol. The minimum atomic E-state index is -2.06. The van der Waals surface area contributed by atoms with E-state index in [-0.39, 0.29) is 35.2 Å². The zero-order chi connectivity index (χ0) is 70.7. The summed E-state index contributed by atoms with van der Waals surface area (Å²) in [6.07, 6.45) is -42.2. The number of hydrogen-bond donors (Lipinski definition) is 19. The number of aliphatic hydroxyl groups is 19.